The van der Waals surface area contributed by atoms with Crippen LogP contribution in [0.2, 0.25) is 0 Å². The van der Waals surface area contributed by atoms with Crippen molar-refractivity contribution >= 4 is 27.5 Å². The summed E-state index contributed by atoms with van der Waals surface area (Å²) in [6.45, 7) is 4.59. The van der Waals surface area contributed by atoms with Crippen LogP contribution >= 0.6 is 15.9 Å². The van der Waals surface area contributed by atoms with E-state index in [9.17, 15) is 4.79 Å². The maximum absolute atomic E-state index is 12.1. The lowest BCUT2D eigenvalue weighted by Crippen LogP contribution is -2.87. The number of anilines is 1. The first-order valence-corrected chi connectivity index (χ1v) is 8.33. The molecule has 3 nitrogen and oxygen atoms in total. The second kappa shape index (κ2) is 8.11. The van der Waals surface area contributed by atoms with E-state index in [1.54, 1.807) is 0 Å². The van der Waals surface area contributed by atoms with Crippen LogP contribution in [-0.2, 0) is 4.79 Å². The van der Waals surface area contributed by atoms with Gasteiger partial charge in [-0.15, -0.1) is 0 Å². The van der Waals surface area contributed by atoms with E-state index in [1.807, 2.05) is 43.3 Å². The summed E-state index contributed by atoms with van der Waals surface area (Å²) < 4.78 is 1.07. The zero-order valence-corrected chi connectivity index (χ0v) is 14.6. The molecule has 2 aromatic carbocycles. The second-order valence-corrected chi connectivity index (χ2v) is 6.34. The Labute approximate surface area is 140 Å². The van der Waals surface area contributed by atoms with Gasteiger partial charge >= 0.3 is 0 Å². The minimum atomic E-state index is 0.0272. The SMILES string of the molecule is CC[C@@H]([NH2+]CC(=O)Nc1ccc(C)cc1)c1ccc(Br)cc1. The molecule has 0 aliphatic rings. The molecule has 0 unspecified atom stereocenters. The zero-order chi connectivity index (χ0) is 15.9. The number of quaternary nitrogens is 1. The summed E-state index contributed by atoms with van der Waals surface area (Å²) in [4.78, 5) is 12.1. The van der Waals surface area contributed by atoms with Gasteiger partial charge in [-0.2, -0.15) is 0 Å². The van der Waals surface area contributed by atoms with Crippen LogP contribution in [0.15, 0.2) is 53.0 Å². The molecule has 0 aliphatic carbocycles. The van der Waals surface area contributed by atoms with Crippen molar-refractivity contribution in [1.29, 1.82) is 0 Å². The Morgan fingerprint density at radius 1 is 1.14 bits per heavy atom. The standard InChI is InChI=1S/C18H21BrN2O/c1-3-17(14-6-8-15(19)9-7-14)20-12-18(22)21-16-10-4-13(2)5-11-16/h4-11,17,20H,3,12H2,1-2H3,(H,21,22)/p+1/t17-/m1/s1. The number of hydrogen-bond acceptors (Lipinski definition) is 1. The van der Waals surface area contributed by atoms with Crippen LogP contribution in [0.3, 0.4) is 0 Å². The van der Waals surface area contributed by atoms with E-state index >= 15 is 0 Å². The number of aryl methyl sites for hydroxylation is 1. The van der Waals surface area contributed by atoms with Crippen molar-refractivity contribution in [1.82, 2.24) is 0 Å². The van der Waals surface area contributed by atoms with Crippen LogP contribution < -0.4 is 10.6 Å². The summed E-state index contributed by atoms with van der Waals surface area (Å²) in [5.74, 6) is 0.0272. The van der Waals surface area contributed by atoms with Gasteiger partial charge in [-0.3, -0.25) is 4.79 Å². The predicted molar refractivity (Wildman–Crippen MR) is 93.8 cm³/mol. The number of halogens is 1. The lowest BCUT2D eigenvalue weighted by atomic mass is 10.0. The summed E-state index contributed by atoms with van der Waals surface area (Å²) >= 11 is 3.45. The first-order chi connectivity index (χ1) is 10.6. The topological polar surface area (TPSA) is 45.7 Å². The average Bonchev–Trinajstić information content (AvgIpc) is 2.52. The Morgan fingerprint density at radius 2 is 1.77 bits per heavy atom. The van der Waals surface area contributed by atoms with Crippen molar-refractivity contribution < 1.29 is 10.1 Å². The maximum atomic E-state index is 12.1. The third-order valence-electron chi connectivity index (χ3n) is 3.66. The molecule has 0 saturated heterocycles. The van der Waals surface area contributed by atoms with Crippen LogP contribution in [0.25, 0.3) is 0 Å². The van der Waals surface area contributed by atoms with Gasteiger partial charge in [0.2, 0.25) is 0 Å². The minimum absolute atomic E-state index is 0.0272. The van der Waals surface area contributed by atoms with Gasteiger partial charge in [0.1, 0.15) is 6.04 Å². The fraction of sp³-hybridized carbons (Fsp3) is 0.278. The summed E-state index contributed by atoms with van der Waals surface area (Å²) in [6.07, 6.45) is 0.986. The second-order valence-electron chi connectivity index (χ2n) is 5.42. The Kier molecular flexibility index (Phi) is 6.16. The summed E-state index contributed by atoms with van der Waals surface area (Å²) in [5.41, 5.74) is 3.28. The third-order valence-corrected chi connectivity index (χ3v) is 4.19. The van der Waals surface area contributed by atoms with Crippen molar-refractivity contribution in [3.63, 3.8) is 0 Å². The molecule has 3 N–H and O–H groups in total. The number of hydrogen-bond donors (Lipinski definition) is 2. The van der Waals surface area contributed by atoms with Gasteiger partial charge in [-0.25, -0.2) is 0 Å². The van der Waals surface area contributed by atoms with Crippen molar-refractivity contribution in [3.8, 4) is 0 Å². The number of nitrogens with two attached hydrogens (primary N) is 1. The number of nitrogens with one attached hydrogen (secondary N) is 1. The molecule has 2 rings (SSSR count). The first kappa shape index (κ1) is 16.7. The van der Waals surface area contributed by atoms with Gasteiger partial charge in [-0.05, 0) is 31.2 Å². The largest absolute Gasteiger partial charge is 0.332 e. The molecule has 22 heavy (non-hydrogen) atoms. The highest BCUT2D eigenvalue weighted by molar-refractivity contribution is 9.10. The van der Waals surface area contributed by atoms with Crippen molar-refractivity contribution in [2.24, 2.45) is 0 Å². The maximum Gasteiger partial charge on any atom is 0.279 e. The van der Waals surface area contributed by atoms with Gasteiger partial charge < -0.3 is 10.6 Å². The normalized spacial score (nSPS) is 12.0. The predicted octanol–water partition coefficient (Wildman–Crippen LogP) is 3.41. The third kappa shape index (κ3) is 4.97. The molecular weight excluding hydrogens is 340 g/mol. The number of carbonyl (C=O) groups excluding carboxylic acids is 1. The van der Waals surface area contributed by atoms with Gasteiger partial charge in [-0.1, -0.05) is 52.7 Å². The summed E-state index contributed by atoms with van der Waals surface area (Å²) in [6, 6.07) is 16.4. The average molecular weight is 362 g/mol. The molecular formula is C18H22BrN2O+. The van der Waals surface area contributed by atoms with Gasteiger partial charge in [0.05, 0.1) is 0 Å². The monoisotopic (exact) mass is 361 g/mol. The Balaban J connectivity index is 1.88. The highest BCUT2D eigenvalue weighted by Gasteiger charge is 2.14. The minimum Gasteiger partial charge on any atom is -0.332 e. The van der Waals surface area contributed by atoms with Crippen molar-refractivity contribution in [2.45, 2.75) is 26.3 Å². The smallest absolute Gasteiger partial charge is 0.279 e. The van der Waals surface area contributed by atoms with Crippen LogP contribution in [-0.4, -0.2) is 12.5 Å². The molecule has 1 atom stereocenters. The molecule has 1 amide bonds. The number of amides is 1. The molecule has 4 heteroatoms. The molecule has 0 spiro atoms. The van der Waals surface area contributed by atoms with Crippen molar-refractivity contribution in [3.05, 3.63) is 64.1 Å². The zero-order valence-electron chi connectivity index (χ0n) is 13.0. The molecule has 0 bridgehead atoms. The van der Waals surface area contributed by atoms with Gasteiger partial charge in [0, 0.05) is 22.1 Å². The summed E-state index contributed by atoms with van der Waals surface area (Å²) in [5, 5.41) is 5.02. The highest BCUT2D eigenvalue weighted by atomic mass is 79.9. The van der Waals surface area contributed by atoms with E-state index in [0.29, 0.717) is 12.6 Å². The van der Waals surface area contributed by atoms with E-state index in [0.717, 1.165) is 16.6 Å². The Bertz CT molecular complexity index is 608. The molecule has 0 fully saturated rings. The highest BCUT2D eigenvalue weighted by Crippen LogP contribution is 2.16. The summed E-state index contributed by atoms with van der Waals surface area (Å²) in [7, 11) is 0. The fourth-order valence-electron chi connectivity index (χ4n) is 2.35. The Hall–Kier alpha value is -1.65. The molecule has 0 heterocycles. The van der Waals surface area contributed by atoms with E-state index in [4.69, 9.17) is 0 Å². The molecule has 2 aromatic rings. The lowest BCUT2D eigenvalue weighted by molar-refractivity contribution is -0.686. The van der Waals surface area contributed by atoms with E-state index < -0.39 is 0 Å². The Morgan fingerprint density at radius 3 is 2.36 bits per heavy atom. The first-order valence-electron chi connectivity index (χ1n) is 7.54. The van der Waals surface area contributed by atoms with Crippen LogP contribution in [0, 0.1) is 6.92 Å². The van der Waals surface area contributed by atoms with Gasteiger partial charge in [0.15, 0.2) is 6.54 Å². The molecule has 0 radical (unpaired) electrons. The number of benzene rings is 2. The van der Waals surface area contributed by atoms with Crippen LogP contribution in [0.1, 0.15) is 30.5 Å². The van der Waals surface area contributed by atoms with E-state index in [-0.39, 0.29) is 5.91 Å². The van der Waals surface area contributed by atoms with Crippen LogP contribution in [0.4, 0.5) is 5.69 Å². The fourth-order valence-corrected chi connectivity index (χ4v) is 2.61. The molecule has 0 aliphatic heterocycles. The molecule has 0 saturated carbocycles. The van der Waals surface area contributed by atoms with E-state index in [2.05, 4.69) is 45.6 Å². The molecule has 0 aromatic heterocycles. The lowest BCUT2D eigenvalue weighted by Gasteiger charge is -2.14. The van der Waals surface area contributed by atoms with Gasteiger partial charge in [0.25, 0.3) is 5.91 Å². The molecule has 116 valence electrons. The van der Waals surface area contributed by atoms with Crippen molar-refractivity contribution in [2.75, 3.05) is 11.9 Å². The van der Waals surface area contributed by atoms with Crippen LogP contribution in [0.5, 0.6) is 0 Å². The number of carbonyl (C=O) groups is 1. The number of rotatable bonds is 6. The van der Waals surface area contributed by atoms with E-state index in [1.165, 1.54) is 11.1 Å². The quantitative estimate of drug-likeness (QED) is 0.813.